The number of pyridine rings is 2. The molecule has 0 amide bonds. The van der Waals surface area contributed by atoms with Crippen LogP contribution >= 0.6 is 0 Å². The first kappa shape index (κ1) is 9.80. The van der Waals surface area contributed by atoms with Crippen molar-refractivity contribution in [3.05, 3.63) is 60.2 Å². The van der Waals surface area contributed by atoms with Crippen LogP contribution in [0.3, 0.4) is 0 Å². The van der Waals surface area contributed by atoms with Crippen LogP contribution in [-0.4, -0.2) is 17.0 Å². The van der Waals surface area contributed by atoms with Crippen LogP contribution in [0.1, 0.15) is 17.3 Å². The van der Waals surface area contributed by atoms with Crippen molar-refractivity contribution in [2.75, 3.05) is 7.05 Å². The van der Waals surface area contributed by atoms with Crippen molar-refractivity contribution in [1.82, 2.24) is 15.3 Å². The van der Waals surface area contributed by atoms with E-state index in [-0.39, 0.29) is 6.04 Å². The second-order valence-electron chi connectivity index (χ2n) is 3.26. The van der Waals surface area contributed by atoms with E-state index in [0.717, 1.165) is 11.3 Å². The third-order valence-electron chi connectivity index (χ3n) is 2.29. The van der Waals surface area contributed by atoms with Crippen molar-refractivity contribution in [2.24, 2.45) is 0 Å². The fourth-order valence-electron chi connectivity index (χ4n) is 1.58. The molecule has 0 bridgehead atoms. The molecule has 0 aromatic carbocycles. The molecular formula is C12H13N3. The number of nitrogens with zero attached hydrogens (tertiary/aromatic N) is 2. The maximum absolute atomic E-state index is 4.34. The van der Waals surface area contributed by atoms with E-state index in [4.69, 9.17) is 0 Å². The number of hydrogen-bond acceptors (Lipinski definition) is 3. The van der Waals surface area contributed by atoms with Crippen LogP contribution in [0, 0.1) is 0 Å². The van der Waals surface area contributed by atoms with Gasteiger partial charge in [0, 0.05) is 18.6 Å². The standard InChI is InChI=1S/C12H13N3/c1-13-12(10-5-4-7-14-9-10)11-6-2-3-8-15-11/h2-9,12-13H,1H3. The van der Waals surface area contributed by atoms with Crippen LogP contribution in [0.2, 0.25) is 0 Å². The molecule has 1 unspecified atom stereocenters. The first-order valence-corrected chi connectivity index (χ1v) is 4.90. The third kappa shape index (κ3) is 2.19. The van der Waals surface area contributed by atoms with Gasteiger partial charge in [-0.25, -0.2) is 0 Å². The molecule has 0 aliphatic rings. The molecule has 1 N–H and O–H groups in total. The van der Waals surface area contributed by atoms with Crippen molar-refractivity contribution in [3.8, 4) is 0 Å². The topological polar surface area (TPSA) is 37.8 Å². The molecule has 2 rings (SSSR count). The van der Waals surface area contributed by atoms with Crippen molar-refractivity contribution in [1.29, 1.82) is 0 Å². The van der Waals surface area contributed by atoms with E-state index in [0.29, 0.717) is 0 Å². The van der Waals surface area contributed by atoms with Crippen LogP contribution in [0.5, 0.6) is 0 Å². The number of rotatable bonds is 3. The highest BCUT2D eigenvalue weighted by atomic mass is 14.9. The van der Waals surface area contributed by atoms with E-state index in [9.17, 15) is 0 Å². The minimum Gasteiger partial charge on any atom is -0.308 e. The number of nitrogens with one attached hydrogen (secondary N) is 1. The summed E-state index contributed by atoms with van der Waals surface area (Å²) in [6, 6.07) is 10.0. The fourth-order valence-corrected chi connectivity index (χ4v) is 1.58. The molecule has 0 radical (unpaired) electrons. The van der Waals surface area contributed by atoms with Gasteiger partial charge in [-0.05, 0) is 30.8 Å². The minimum atomic E-state index is 0.111. The summed E-state index contributed by atoms with van der Waals surface area (Å²) < 4.78 is 0. The first-order valence-electron chi connectivity index (χ1n) is 4.90. The van der Waals surface area contributed by atoms with E-state index >= 15 is 0 Å². The lowest BCUT2D eigenvalue weighted by Gasteiger charge is -2.15. The monoisotopic (exact) mass is 199 g/mol. The van der Waals surface area contributed by atoms with Gasteiger partial charge in [-0.2, -0.15) is 0 Å². The predicted octanol–water partition coefficient (Wildman–Crippen LogP) is 1.79. The lowest BCUT2D eigenvalue weighted by Crippen LogP contribution is -2.18. The second kappa shape index (κ2) is 4.66. The Morgan fingerprint density at radius 1 is 1.13 bits per heavy atom. The molecule has 2 aromatic heterocycles. The Kier molecular flexibility index (Phi) is 3.05. The van der Waals surface area contributed by atoms with Crippen LogP contribution in [0.15, 0.2) is 48.9 Å². The number of hydrogen-bond donors (Lipinski definition) is 1. The van der Waals surface area contributed by atoms with Gasteiger partial charge in [-0.1, -0.05) is 12.1 Å². The molecule has 2 aromatic rings. The Hall–Kier alpha value is -1.74. The Morgan fingerprint density at radius 3 is 2.67 bits per heavy atom. The summed E-state index contributed by atoms with van der Waals surface area (Å²) in [5, 5.41) is 3.23. The van der Waals surface area contributed by atoms with Gasteiger partial charge >= 0.3 is 0 Å². The summed E-state index contributed by atoms with van der Waals surface area (Å²) in [4.78, 5) is 8.45. The quantitative estimate of drug-likeness (QED) is 0.818. The van der Waals surface area contributed by atoms with Gasteiger partial charge in [0.1, 0.15) is 0 Å². The van der Waals surface area contributed by atoms with Crippen molar-refractivity contribution in [2.45, 2.75) is 6.04 Å². The van der Waals surface area contributed by atoms with Gasteiger partial charge in [0.25, 0.3) is 0 Å². The van der Waals surface area contributed by atoms with Gasteiger partial charge in [-0.3, -0.25) is 9.97 Å². The van der Waals surface area contributed by atoms with Crippen molar-refractivity contribution >= 4 is 0 Å². The maximum Gasteiger partial charge on any atom is 0.0763 e. The van der Waals surface area contributed by atoms with Crippen LogP contribution in [0.4, 0.5) is 0 Å². The zero-order valence-electron chi connectivity index (χ0n) is 8.59. The largest absolute Gasteiger partial charge is 0.308 e. The van der Waals surface area contributed by atoms with Gasteiger partial charge < -0.3 is 5.32 Å². The van der Waals surface area contributed by atoms with Crippen molar-refractivity contribution in [3.63, 3.8) is 0 Å². The van der Waals surface area contributed by atoms with Gasteiger partial charge in [0.15, 0.2) is 0 Å². The first-order chi connectivity index (χ1) is 7.42. The zero-order valence-corrected chi connectivity index (χ0v) is 8.59. The molecule has 3 heteroatoms. The molecule has 15 heavy (non-hydrogen) atoms. The van der Waals surface area contributed by atoms with Gasteiger partial charge in [0.05, 0.1) is 11.7 Å². The summed E-state index contributed by atoms with van der Waals surface area (Å²) in [5.41, 5.74) is 2.13. The highest BCUT2D eigenvalue weighted by Crippen LogP contribution is 2.17. The Balaban J connectivity index is 2.34. The number of aromatic nitrogens is 2. The molecule has 0 aliphatic heterocycles. The van der Waals surface area contributed by atoms with Crippen molar-refractivity contribution < 1.29 is 0 Å². The molecule has 0 spiro atoms. The zero-order chi connectivity index (χ0) is 10.5. The lowest BCUT2D eigenvalue weighted by molar-refractivity contribution is 0.668. The van der Waals surface area contributed by atoms with E-state index in [2.05, 4.69) is 15.3 Å². The third-order valence-corrected chi connectivity index (χ3v) is 2.29. The summed E-state index contributed by atoms with van der Waals surface area (Å²) in [7, 11) is 1.92. The summed E-state index contributed by atoms with van der Waals surface area (Å²) in [6.07, 6.45) is 5.43. The normalized spacial score (nSPS) is 12.3. The highest BCUT2D eigenvalue weighted by molar-refractivity contribution is 5.24. The summed E-state index contributed by atoms with van der Waals surface area (Å²) >= 11 is 0. The average molecular weight is 199 g/mol. The molecule has 3 nitrogen and oxygen atoms in total. The Bertz CT molecular complexity index is 360. The minimum absolute atomic E-state index is 0.111. The van der Waals surface area contributed by atoms with E-state index in [1.807, 2.05) is 43.6 Å². The Labute approximate surface area is 89.2 Å². The van der Waals surface area contributed by atoms with Gasteiger partial charge in [-0.15, -0.1) is 0 Å². The molecule has 0 aliphatic carbocycles. The van der Waals surface area contributed by atoms with E-state index in [1.54, 1.807) is 12.4 Å². The molecule has 0 fully saturated rings. The van der Waals surface area contributed by atoms with Crippen LogP contribution in [-0.2, 0) is 0 Å². The molecular weight excluding hydrogens is 186 g/mol. The van der Waals surface area contributed by atoms with E-state index in [1.165, 1.54) is 0 Å². The van der Waals surface area contributed by atoms with Gasteiger partial charge in [0.2, 0.25) is 0 Å². The lowest BCUT2D eigenvalue weighted by atomic mass is 10.1. The molecule has 0 saturated carbocycles. The molecule has 76 valence electrons. The average Bonchev–Trinajstić information content (AvgIpc) is 2.33. The molecule has 2 heterocycles. The smallest absolute Gasteiger partial charge is 0.0763 e. The van der Waals surface area contributed by atoms with E-state index < -0.39 is 0 Å². The van der Waals surface area contributed by atoms with Crippen LogP contribution in [0.25, 0.3) is 0 Å². The van der Waals surface area contributed by atoms with Crippen LogP contribution < -0.4 is 5.32 Å². The predicted molar refractivity (Wildman–Crippen MR) is 59.4 cm³/mol. The fraction of sp³-hybridized carbons (Fsp3) is 0.167. The Morgan fingerprint density at radius 2 is 2.07 bits per heavy atom. The molecule has 0 saturated heterocycles. The highest BCUT2D eigenvalue weighted by Gasteiger charge is 2.11. The second-order valence-corrected chi connectivity index (χ2v) is 3.26. The SMILES string of the molecule is CNC(c1cccnc1)c1ccccn1. The maximum atomic E-state index is 4.34. The summed E-state index contributed by atoms with van der Waals surface area (Å²) in [5.74, 6) is 0. The summed E-state index contributed by atoms with van der Waals surface area (Å²) in [6.45, 7) is 0. The molecule has 1 atom stereocenters.